The first-order valence-corrected chi connectivity index (χ1v) is 5.40. The Morgan fingerprint density at radius 3 is 2.92 bits per heavy atom. The molecule has 0 aliphatic rings. The highest BCUT2D eigenvalue weighted by Gasteiger charge is 2.04. The topological polar surface area (TPSA) is 21.3 Å². The zero-order chi connectivity index (χ0) is 9.68. The lowest BCUT2D eigenvalue weighted by atomic mass is 10.2. The third kappa shape index (κ3) is 3.10. The van der Waals surface area contributed by atoms with Gasteiger partial charge in [0.05, 0.1) is 6.61 Å². The molecule has 0 saturated heterocycles. The van der Waals surface area contributed by atoms with Crippen molar-refractivity contribution in [1.29, 1.82) is 0 Å². The second kappa shape index (κ2) is 5.37. The van der Waals surface area contributed by atoms with Crippen molar-refractivity contribution in [3.8, 4) is 0 Å². The van der Waals surface area contributed by atoms with Gasteiger partial charge in [0.1, 0.15) is 0 Å². The van der Waals surface area contributed by atoms with Gasteiger partial charge in [-0.25, -0.2) is 0 Å². The molecule has 1 aromatic heterocycles. The molecule has 2 nitrogen and oxygen atoms in total. The van der Waals surface area contributed by atoms with Crippen LogP contribution >= 0.6 is 11.3 Å². The molecule has 0 fully saturated rings. The first-order chi connectivity index (χ1) is 6.27. The lowest BCUT2D eigenvalue weighted by Gasteiger charge is -1.98. The molecule has 0 saturated carbocycles. The summed E-state index contributed by atoms with van der Waals surface area (Å²) in [4.78, 5) is 2.76. The van der Waals surface area contributed by atoms with E-state index in [1.807, 2.05) is 25.3 Å². The molecule has 0 aliphatic carbocycles. The van der Waals surface area contributed by atoms with Gasteiger partial charge in [-0.05, 0) is 32.5 Å². The molecule has 0 radical (unpaired) electrons. The molecule has 3 heteroatoms. The molecule has 0 aliphatic heterocycles. The van der Waals surface area contributed by atoms with E-state index in [1.165, 1.54) is 15.3 Å². The van der Waals surface area contributed by atoms with E-state index in [-0.39, 0.29) is 0 Å². The Morgan fingerprint density at radius 1 is 1.54 bits per heavy atom. The summed E-state index contributed by atoms with van der Waals surface area (Å²) in [7, 11) is 1.97. The van der Waals surface area contributed by atoms with Gasteiger partial charge in [0.25, 0.3) is 0 Å². The van der Waals surface area contributed by atoms with Gasteiger partial charge in [-0.15, -0.1) is 11.3 Å². The molecule has 13 heavy (non-hydrogen) atoms. The highest BCUT2D eigenvalue weighted by atomic mass is 32.1. The first-order valence-electron chi connectivity index (χ1n) is 4.58. The maximum Gasteiger partial charge on any atom is 0.0727 e. The van der Waals surface area contributed by atoms with Crippen LogP contribution in [0.2, 0.25) is 0 Å². The van der Waals surface area contributed by atoms with E-state index in [9.17, 15) is 0 Å². The van der Waals surface area contributed by atoms with Gasteiger partial charge in [-0.1, -0.05) is 0 Å². The van der Waals surface area contributed by atoms with Crippen LogP contribution in [0.3, 0.4) is 0 Å². The maximum absolute atomic E-state index is 5.38. The van der Waals surface area contributed by atoms with Gasteiger partial charge in [0.15, 0.2) is 0 Å². The summed E-state index contributed by atoms with van der Waals surface area (Å²) < 4.78 is 5.38. The first kappa shape index (κ1) is 10.7. The Morgan fingerprint density at radius 2 is 2.31 bits per heavy atom. The summed E-state index contributed by atoms with van der Waals surface area (Å²) in [6, 6.07) is 2.23. The van der Waals surface area contributed by atoms with Crippen LogP contribution in [0.5, 0.6) is 0 Å². The number of thiophene rings is 1. The Bertz CT molecular complexity index is 257. The van der Waals surface area contributed by atoms with Crippen LogP contribution in [0.4, 0.5) is 0 Å². The van der Waals surface area contributed by atoms with Crippen LogP contribution in [0.1, 0.15) is 22.2 Å². The summed E-state index contributed by atoms with van der Waals surface area (Å²) in [5, 5.41) is 3.15. The number of hydrogen-bond donors (Lipinski definition) is 1. The van der Waals surface area contributed by atoms with Crippen molar-refractivity contribution in [3.63, 3.8) is 0 Å². The highest BCUT2D eigenvalue weighted by Crippen LogP contribution is 2.21. The largest absolute Gasteiger partial charge is 0.377 e. The highest BCUT2D eigenvalue weighted by molar-refractivity contribution is 7.12. The Hall–Kier alpha value is -0.380. The number of nitrogens with one attached hydrogen (secondary N) is 1. The van der Waals surface area contributed by atoms with Crippen LogP contribution in [-0.2, 0) is 17.9 Å². The van der Waals surface area contributed by atoms with E-state index >= 15 is 0 Å². The molecular weight excluding hydrogens is 182 g/mol. The molecule has 0 aromatic carbocycles. The molecule has 1 N–H and O–H groups in total. The predicted octanol–water partition coefficient (Wildman–Crippen LogP) is 2.31. The van der Waals surface area contributed by atoms with Crippen LogP contribution in [-0.4, -0.2) is 13.7 Å². The van der Waals surface area contributed by atoms with Gasteiger partial charge in [-0.2, -0.15) is 0 Å². The SMILES string of the molecule is CCOCc1cc(CNC)sc1C. The van der Waals surface area contributed by atoms with Crippen molar-refractivity contribution in [3.05, 3.63) is 21.4 Å². The van der Waals surface area contributed by atoms with Crippen molar-refractivity contribution >= 4 is 11.3 Å². The number of aryl methyl sites for hydroxylation is 1. The van der Waals surface area contributed by atoms with Gasteiger partial charge >= 0.3 is 0 Å². The van der Waals surface area contributed by atoms with Crippen LogP contribution in [0.15, 0.2) is 6.07 Å². The zero-order valence-corrected chi connectivity index (χ0v) is 9.33. The molecular formula is C10H17NOS. The summed E-state index contributed by atoms with van der Waals surface area (Å²) in [6.07, 6.45) is 0. The monoisotopic (exact) mass is 199 g/mol. The van der Waals surface area contributed by atoms with Gasteiger partial charge in [-0.3, -0.25) is 0 Å². The average Bonchev–Trinajstić information content (AvgIpc) is 2.44. The molecule has 1 heterocycles. The smallest absolute Gasteiger partial charge is 0.0727 e. The van der Waals surface area contributed by atoms with E-state index in [4.69, 9.17) is 4.74 Å². The third-order valence-corrected chi connectivity index (χ3v) is 2.98. The van der Waals surface area contributed by atoms with E-state index < -0.39 is 0 Å². The number of ether oxygens (including phenoxy) is 1. The summed E-state index contributed by atoms with van der Waals surface area (Å²) >= 11 is 1.85. The molecule has 0 atom stereocenters. The zero-order valence-electron chi connectivity index (χ0n) is 8.52. The molecule has 0 bridgehead atoms. The number of rotatable bonds is 5. The Balaban J connectivity index is 2.60. The van der Waals surface area contributed by atoms with Crippen LogP contribution < -0.4 is 5.32 Å². The van der Waals surface area contributed by atoms with Gasteiger partial charge < -0.3 is 10.1 Å². The van der Waals surface area contributed by atoms with E-state index in [2.05, 4.69) is 18.3 Å². The summed E-state index contributed by atoms with van der Waals surface area (Å²) in [5.41, 5.74) is 1.33. The molecule has 74 valence electrons. The Kier molecular flexibility index (Phi) is 4.42. The lowest BCUT2D eigenvalue weighted by Crippen LogP contribution is -2.02. The van der Waals surface area contributed by atoms with Crippen molar-refractivity contribution in [2.24, 2.45) is 0 Å². The lowest BCUT2D eigenvalue weighted by molar-refractivity contribution is 0.134. The molecule has 0 unspecified atom stereocenters. The quantitative estimate of drug-likeness (QED) is 0.785. The van der Waals surface area contributed by atoms with Crippen LogP contribution in [0, 0.1) is 6.92 Å². The predicted molar refractivity (Wildman–Crippen MR) is 57.1 cm³/mol. The summed E-state index contributed by atoms with van der Waals surface area (Å²) in [6.45, 7) is 6.67. The van der Waals surface area contributed by atoms with Crippen molar-refractivity contribution in [1.82, 2.24) is 5.32 Å². The van der Waals surface area contributed by atoms with Gasteiger partial charge in [0.2, 0.25) is 0 Å². The molecule has 1 rings (SSSR count). The fraction of sp³-hybridized carbons (Fsp3) is 0.600. The second-order valence-corrected chi connectivity index (χ2v) is 4.30. The van der Waals surface area contributed by atoms with Crippen molar-refractivity contribution in [2.45, 2.75) is 27.0 Å². The van der Waals surface area contributed by atoms with Gasteiger partial charge in [0, 0.05) is 22.9 Å². The molecule has 1 aromatic rings. The maximum atomic E-state index is 5.38. The standard InChI is InChI=1S/C10H17NOS/c1-4-12-7-9-5-10(6-11-3)13-8(9)2/h5,11H,4,6-7H2,1-3H3. The normalized spacial score (nSPS) is 10.7. The second-order valence-electron chi connectivity index (χ2n) is 2.96. The fourth-order valence-corrected chi connectivity index (χ4v) is 2.26. The minimum Gasteiger partial charge on any atom is -0.377 e. The number of hydrogen-bond acceptors (Lipinski definition) is 3. The fourth-order valence-electron chi connectivity index (χ4n) is 1.20. The molecule has 0 spiro atoms. The van der Waals surface area contributed by atoms with Crippen LogP contribution in [0.25, 0.3) is 0 Å². The Labute approximate surface area is 83.9 Å². The third-order valence-electron chi connectivity index (χ3n) is 1.88. The van der Waals surface area contributed by atoms with E-state index in [0.29, 0.717) is 0 Å². The van der Waals surface area contributed by atoms with E-state index in [0.717, 1.165) is 19.8 Å². The van der Waals surface area contributed by atoms with E-state index in [1.54, 1.807) is 0 Å². The minimum atomic E-state index is 0.753. The van der Waals surface area contributed by atoms with Crippen molar-refractivity contribution < 1.29 is 4.74 Å². The molecule has 0 amide bonds. The van der Waals surface area contributed by atoms with Crippen molar-refractivity contribution in [2.75, 3.05) is 13.7 Å². The average molecular weight is 199 g/mol. The summed E-state index contributed by atoms with van der Waals surface area (Å²) in [5.74, 6) is 0. The minimum absolute atomic E-state index is 0.753.